The number of hydrogen-bond acceptors (Lipinski definition) is 4. The van der Waals surface area contributed by atoms with Crippen LogP contribution in [0.3, 0.4) is 0 Å². The largest absolute Gasteiger partial charge is 0.436 e. The first-order chi connectivity index (χ1) is 19.3. The van der Waals surface area contributed by atoms with E-state index in [1.165, 1.54) is 21.5 Å². The maximum absolute atomic E-state index is 6.05. The van der Waals surface area contributed by atoms with Crippen LogP contribution in [0.2, 0.25) is 0 Å². The fraction of sp³-hybridized carbons (Fsp3) is 0. The zero-order chi connectivity index (χ0) is 25.8. The molecule has 8 rings (SSSR count). The number of oxazole rings is 1. The molecule has 8 aromatic rings. The van der Waals surface area contributed by atoms with Crippen LogP contribution in [0, 0.1) is 0 Å². The Hall–Kier alpha value is -5.35. The summed E-state index contributed by atoms with van der Waals surface area (Å²) in [7, 11) is 0. The number of fused-ring (bicyclic) bond motifs is 5. The van der Waals surface area contributed by atoms with Crippen LogP contribution in [0.15, 0.2) is 132 Å². The van der Waals surface area contributed by atoms with E-state index >= 15 is 0 Å². The highest BCUT2D eigenvalue weighted by atomic mass is 16.3. The lowest BCUT2D eigenvalue weighted by atomic mass is 9.94. The lowest BCUT2D eigenvalue weighted by Gasteiger charge is -2.14. The molecule has 0 unspecified atom stereocenters. The van der Waals surface area contributed by atoms with Crippen LogP contribution in [0.4, 0.5) is 0 Å². The third-order valence-corrected chi connectivity index (χ3v) is 7.29. The Kier molecular flexibility index (Phi) is 4.79. The van der Waals surface area contributed by atoms with Crippen LogP contribution in [0.1, 0.15) is 0 Å². The van der Waals surface area contributed by atoms with Crippen LogP contribution < -0.4 is 0 Å². The lowest BCUT2D eigenvalue weighted by molar-refractivity contribution is 0.620. The molecule has 2 heterocycles. The van der Waals surface area contributed by atoms with Crippen molar-refractivity contribution in [3.63, 3.8) is 0 Å². The molecule has 0 aliphatic carbocycles. The van der Waals surface area contributed by atoms with Crippen molar-refractivity contribution in [3.05, 3.63) is 127 Å². The quantitative estimate of drug-likeness (QED) is 0.228. The van der Waals surface area contributed by atoms with E-state index in [1.54, 1.807) is 0 Å². The summed E-state index contributed by atoms with van der Waals surface area (Å²) in [5.74, 6) is 1.25. The van der Waals surface area contributed by atoms with Gasteiger partial charge in [0.15, 0.2) is 11.4 Å². The maximum Gasteiger partial charge on any atom is 0.227 e. The minimum atomic E-state index is 0.583. The number of rotatable bonds is 3. The van der Waals surface area contributed by atoms with Gasteiger partial charge in [-0.2, -0.15) is 0 Å². The average molecular weight is 500 g/mol. The van der Waals surface area contributed by atoms with Gasteiger partial charge in [0.25, 0.3) is 0 Å². The summed E-state index contributed by atoms with van der Waals surface area (Å²) >= 11 is 0. The van der Waals surface area contributed by atoms with Crippen molar-refractivity contribution >= 4 is 43.5 Å². The lowest BCUT2D eigenvalue weighted by Crippen LogP contribution is -1.96. The van der Waals surface area contributed by atoms with Gasteiger partial charge in [-0.1, -0.05) is 91.0 Å². The Morgan fingerprint density at radius 1 is 0.462 bits per heavy atom. The second-order valence-corrected chi connectivity index (χ2v) is 9.67. The molecule has 39 heavy (non-hydrogen) atoms. The molecule has 182 valence electrons. The van der Waals surface area contributed by atoms with Crippen LogP contribution in [0.5, 0.6) is 0 Å². The number of nitrogens with zero attached hydrogens (tertiary/aromatic N) is 3. The molecule has 2 aromatic heterocycles. The molecule has 0 aliphatic heterocycles. The molecule has 0 N–H and O–H groups in total. The fourth-order valence-electron chi connectivity index (χ4n) is 5.45. The second kappa shape index (κ2) is 8.61. The molecule has 0 radical (unpaired) electrons. The third-order valence-electron chi connectivity index (χ3n) is 7.29. The first kappa shape index (κ1) is 21.7. The van der Waals surface area contributed by atoms with E-state index in [1.807, 2.05) is 54.6 Å². The number of benzene rings is 6. The highest BCUT2D eigenvalue weighted by Crippen LogP contribution is 2.38. The zero-order valence-electron chi connectivity index (χ0n) is 20.9. The number of para-hydroxylation sites is 3. The standard InChI is InChI=1S/C35H21N3O/c1-2-13-25-22(10-1)21-29(27-15-4-3-14-26(25)27)33-28-16-5-6-17-30(28)36-34(38-33)23-11-9-12-24(20-23)35-37-31-18-7-8-19-32(31)39-35/h1-21H. The Balaban J connectivity index is 1.37. The molecule has 0 fully saturated rings. The SMILES string of the molecule is c1cc(-c2nc(-c3cc4ccccc4c4ccccc34)c3ccccc3n2)cc(-c2nc3ccccc3o2)c1. The fourth-order valence-corrected chi connectivity index (χ4v) is 5.45. The van der Waals surface area contributed by atoms with E-state index in [0.29, 0.717) is 11.7 Å². The minimum Gasteiger partial charge on any atom is -0.436 e. The van der Waals surface area contributed by atoms with Crippen molar-refractivity contribution in [1.29, 1.82) is 0 Å². The van der Waals surface area contributed by atoms with Gasteiger partial charge in [-0.3, -0.25) is 0 Å². The zero-order valence-corrected chi connectivity index (χ0v) is 20.9. The van der Waals surface area contributed by atoms with E-state index in [-0.39, 0.29) is 0 Å². The van der Waals surface area contributed by atoms with Gasteiger partial charge in [-0.15, -0.1) is 0 Å². The first-order valence-corrected chi connectivity index (χ1v) is 13.0. The monoisotopic (exact) mass is 499 g/mol. The van der Waals surface area contributed by atoms with Crippen LogP contribution in [0.25, 0.3) is 77.6 Å². The van der Waals surface area contributed by atoms with Gasteiger partial charge >= 0.3 is 0 Å². The van der Waals surface area contributed by atoms with Crippen LogP contribution >= 0.6 is 0 Å². The van der Waals surface area contributed by atoms with Crippen molar-refractivity contribution in [2.45, 2.75) is 0 Å². The molecule has 0 bridgehead atoms. The van der Waals surface area contributed by atoms with E-state index < -0.39 is 0 Å². The van der Waals surface area contributed by atoms with Crippen molar-refractivity contribution in [2.75, 3.05) is 0 Å². The normalized spacial score (nSPS) is 11.6. The summed E-state index contributed by atoms with van der Waals surface area (Å²) in [5.41, 5.74) is 6.33. The topological polar surface area (TPSA) is 51.8 Å². The summed E-state index contributed by atoms with van der Waals surface area (Å²) in [4.78, 5) is 14.9. The molecular weight excluding hydrogens is 478 g/mol. The molecular formula is C35H21N3O. The minimum absolute atomic E-state index is 0.583. The second-order valence-electron chi connectivity index (χ2n) is 9.67. The van der Waals surface area contributed by atoms with Crippen LogP contribution in [-0.2, 0) is 0 Å². The maximum atomic E-state index is 6.05. The van der Waals surface area contributed by atoms with Gasteiger partial charge < -0.3 is 4.42 Å². The molecule has 6 aromatic carbocycles. The summed E-state index contributed by atoms with van der Waals surface area (Å²) in [6, 6.07) is 43.5. The molecule has 0 saturated heterocycles. The summed E-state index contributed by atoms with van der Waals surface area (Å²) in [5, 5.41) is 5.84. The van der Waals surface area contributed by atoms with Crippen molar-refractivity contribution in [3.8, 4) is 34.1 Å². The van der Waals surface area contributed by atoms with E-state index in [4.69, 9.17) is 14.4 Å². The predicted molar refractivity (Wildman–Crippen MR) is 158 cm³/mol. The summed E-state index contributed by atoms with van der Waals surface area (Å²) in [6.07, 6.45) is 0. The van der Waals surface area contributed by atoms with Gasteiger partial charge in [0.2, 0.25) is 5.89 Å². The smallest absolute Gasteiger partial charge is 0.227 e. The van der Waals surface area contributed by atoms with Gasteiger partial charge in [-0.25, -0.2) is 15.0 Å². The Labute approximate surface area is 224 Å². The highest BCUT2D eigenvalue weighted by molar-refractivity contribution is 6.15. The predicted octanol–water partition coefficient (Wildman–Crippen LogP) is 9.08. The summed E-state index contributed by atoms with van der Waals surface area (Å²) in [6.45, 7) is 0. The molecule has 0 atom stereocenters. The van der Waals surface area contributed by atoms with Gasteiger partial charge in [0.1, 0.15) is 5.52 Å². The Morgan fingerprint density at radius 3 is 2.03 bits per heavy atom. The van der Waals surface area contributed by atoms with Gasteiger partial charge in [-0.05, 0) is 57.9 Å². The first-order valence-electron chi connectivity index (χ1n) is 13.0. The molecule has 0 spiro atoms. The van der Waals surface area contributed by atoms with Gasteiger partial charge in [0, 0.05) is 22.1 Å². The number of aromatic nitrogens is 3. The number of hydrogen-bond donors (Lipinski definition) is 0. The molecule has 0 saturated carbocycles. The molecule has 4 nitrogen and oxygen atoms in total. The van der Waals surface area contributed by atoms with Crippen molar-refractivity contribution in [2.24, 2.45) is 0 Å². The van der Waals surface area contributed by atoms with Crippen LogP contribution in [-0.4, -0.2) is 15.0 Å². The molecule has 4 heteroatoms. The van der Waals surface area contributed by atoms with Gasteiger partial charge in [0.05, 0.1) is 11.2 Å². The van der Waals surface area contributed by atoms with Crippen molar-refractivity contribution in [1.82, 2.24) is 15.0 Å². The highest BCUT2D eigenvalue weighted by Gasteiger charge is 2.16. The van der Waals surface area contributed by atoms with Crippen molar-refractivity contribution < 1.29 is 4.42 Å². The Bertz CT molecular complexity index is 2160. The Morgan fingerprint density at radius 2 is 1.15 bits per heavy atom. The van der Waals surface area contributed by atoms with E-state index in [2.05, 4.69) is 77.8 Å². The summed E-state index contributed by atoms with van der Waals surface area (Å²) < 4.78 is 6.05. The third kappa shape index (κ3) is 3.57. The molecule has 0 aliphatic rings. The van der Waals surface area contributed by atoms with E-state index in [9.17, 15) is 0 Å². The van der Waals surface area contributed by atoms with E-state index in [0.717, 1.165) is 44.4 Å². The average Bonchev–Trinajstić information content (AvgIpc) is 3.45. The molecule has 0 amide bonds.